The second kappa shape index (κ2) is 11.0. The Morgan fingerprint density at radius 3 is 2.16 bits per heavy atom. The number of amides is 2. The van der Waals surface area contributed by atoms with Gasteiger partial charge in [-0.15, -0.1) is 0 Å². The highest BCUT2D eigenvalue weighted by Gasteiger charge is 2.24. The van der Waals surface area contributed by atoms with Crippen molar-refractivity contribution in [2.45, 2.75) is 33.0 Å². The molecular formula is C25H28N2O4. The predicted octanol–water partition coefficient (Wildman–Crippen LogP) is 4.12. The van der Waals surface area contributed by atoms with Gasteiger partial charge < -0.3 is 19.0 Å². The Labute approximate surface area is 183 Å². The fourth-order valence-corrected chi connectivity index (χ4v) is 3.18. The van der Waals surface area contributed by atoms with E-state index in [0.717, 1.165) is 5.56 Å². The number of para-hydroxylation sites is 1. The molecule has 1 aromatic heterocycles. The molecule has 0 N–H and O–H groups in total. The highest BCUT2D eigenvalue weighted by atomic mass is 16.5. The maximum Gasteiger partial charge on any atom is 0.261 e. The van der Waals surface area contributed by atoms with Crippen LogP contribution in [0.25, 0.3) is 0 Å². The molecule has 0 fully saturated rings. The quantitative estimate of drug-likeness (QED) is 0.495. The van der Waals surface area contributed by atoms with Crippen LogP contribution >= 0.6 is 0 Å². The Hall–Kier alpha value is -3.54. The van der Waals surface area contributed by atoms with E-state index in [0.29, 0.717) is 24.6 Å². The standard InChI is InChI=1S/C25H28N2O4/c1-20(2)27(25(29)19-31-22-12-7-4-8-13-22)18-24(28)26(17-23-14-9-15-30-23)16-21-10-5-3-6-11-21/h3-15,20H,16-19H2,1-2H3. The first-order valence-corrected chi connectivity index (χ1v) is 10.3. The Morgan fingerprint density at radius 1 is 0.871 bits per heavy atom. The molecule has 1 heterocycles. The van der Waals surface area contributed by atoms with Crippen molar-refractivity contribution < 1.29 is 18.7 Å². The number of furan rings is 1. The molecule has 3 rings (SSSR count). The summed E-state index contributed by atoms with van der Waals surface area (Å²) in [6.45, 7) is 4.40. The van der Waals surface area contributed by atoms with Gasteiger partial charge >= 0.3 is 0 Å². The van der Waals surface area contributed by atoms with Crippen molar-refractivity contribution in [3.05, 3.63) is 90.4 Å². The van der Waals surface area contributed by atoms with Gasteiger partial charge in [0.05, 0.1) is 12.8 Å². The topological polar surface area (TPSA) is 63.0 Å². The van der Waals surface area contributed by atoms with Gasteiger partial charge in [0, 0.05) is 12.6 Å². The molecule has 0 saturated carbocycles. The summed E-state index contributed by atoms with van der Waals surface area (Å²) < 4.78 is 11.0. The summed E-state index contributed by atoms with van der Waals surface area (Å²) in [5.41, 5.74) is 1.01. The van der Waals surface area contributed by atoms with Crippen LogP contribution in [0.4, 0.5) is 0 Å². The summed E-state index contributed by atoms with van der Waals surface area (Å²) >= 11 is 0. The fraction of sp³-hybridized carbons (Fsp3) is 0.280. The van der Waals surface area contributed by atoms with Crippen LogP contribution in [-0.2, 0) is 22.7 Å². The molecule has 0 spiro atoms. The monoisotopic (exact) mass is 420 g/mol. The van der Waals surface area contributed by atoms with Gasteiger partial charge in [-0.05, 0) is 43.7 Å². The Kier molecular flexibility index (Phi) is 7.87. The van der Waals surface area contributed by atoms with Crippen LogP contribution in [0.3, 0.4) is 0 Å². The number of benzene rings is 2. The van der Waals surface area contributed by atoms with Crippen LogP contribution < -0.4 is 4.74 Å². The molecule has 0 aliphatic rings. The van der Waals surface area contributed by atoms with E-state index in [2.05, 4.69) is 0 Å². The number of hydrogen-bond acceptors (Lipinski definition) is 4. The zero-order valence-corrected chi connectivity index (χ0v) is 17.9. The number of ether oxygens (including phenoxy) is 1. The molecule has 6 heteroatoms. The minimum atomic E-state index is -0.232. The van der Waals surface area contributed by atoms with Gasteiger partial charge in [-0.1, -0.05) is 48.5 Å². The molecule has 0 radical (unpaired) electrons. The Balaban J connectivity index is 1.68. The number of rotatable bonds is 10. The lowest BCUT2D eigenvalue weighted by Gasteiger charge is -2.30. The zero-order valence-electron chi connectivity index (χ0n) is 17.9. The minimum absolute atomic E-state index is 0.0256. The molecular weight excluding hydrogens is 392 g/mol. The molecule has 0 aliphatic heterocycles. The van der Waals surface area contributed by atoms with E-state index >= 15 is 0 Å². The van der Waals surface area contributed by atoms with Crippen LogP contribution in [0.15, 0.2) is 83.5 Å². The molecule has 0 bridgehead atoms. The number of nitrogens with zero attached hydrogens (tertiary/aromatic N) is 2. The van der Waals surface area contributed by atoms with Crippen LogP contribution in [-0.4, -0.2) is 40.8 Å². The van der Waals surface area contributed by atoms with Gasteiger partial charge in [-0.25, -0.2) is 0 Å². The van der Waals surface area contributed by atoms with Crippen LogP contribution in [0.1, 0.15) is 25.2 Å². The van der Waals surface area contributed by atoms with Crippen molar-refractivity contribution in [1.29, 1.82) is 0 Å². The molecule has 3 aromatic rings. The molecule has 6 nitrogen and oxygen atoms in total. The Morgan fingerprint density at radius 2 is 1.55 bits per heavy atom. The fourth-order valence-electron chi connectivity index (χ4n) is 3.18. The normalized spacial score (nSPS) is 10.7. The van der Waals surface area contributed by atoms with Gasteiger partial charge in [-0.3, -0.25) is 9.59 Å². The van der Waals surface area contributed by atoms with Crippen LogP contribution in [0, 0.1) is 0 Å². The van der Waals surface area contributed by atoms with Gasteiger partial charge in [0.1, 0.15) is 18.1 Å². The molecule has 0 unspecified atom stereocenters. The van der Waals surface area contributed by atoms with Crippen molar-refractivity contribution >= 4 is 11.8 Å². The lowest BCUT2D eigenvalue weighted by Crippen LogP contribution is -2.47. The van der Waals surface area contributed by atoms with Crippen LogP contribution in [0.5, 0.6) is 5.75 Å². The molecule has 162 valence electrons. The smallest absolute Gasteiger partial charge is 0.261 e. The minimum Gasteiger partial charge on any atom is -0.484 e. The summed E-state index contributed by atoms with van der Waals surface area (Å²) in [5, 5.41) is 0. The highest BCUT2D eigenvalue weighted by Crippen LogP contribution is 2.13. The van der Waals surface area contributed by atoms with Gasteiger partial charge in [0.15, 0.2) is 6.61 Å². The maximum absolute atomic E-state index is 13.2. The van der Waals surface area contributed by atoms with E-state index in [1.807, 2.05) is 68.4 Å². The first kappa shape index (κ1) is 22.2. The van der Waals surface area contributed by atoms with E-state index in [1.165, 1.54) is 0 Å². The number of carbonyl (C=O) groups is 2. The van der Waals surface area contributed by atoms with Gasteiger partial charge in [0.2, 0.25) is 5.91 Å². The third-order valence-electron chi connectivity index (χ3n) is 4.85. The van der Waals surface area contributed by atoms with Gasteiger partial charge in [-0.2, -0.15) is 0 Å². The average molecular weight is 421 g/mol. The summed E-state index contributed by atoms with van der Waals surface area (Å²) in [6, 6.07) is 22.4. The molecule has 0 atom stereocenters. The van der Waals surface area contributed by atoms with E-state index < -0.39 is 0 Å². The third-order valence-corrected chi connectivity index (χ3v) is 4.85. The van der Waals surface area contributed by atoms with Crippen molar-refractivity contribution in [3.63, 3.8) is 0 Å². The van der Waals surface area contributed by atoms with Crippen LogP contribution in [0.2, 0.25) is 0 Å². The second-order valence-electron chi connectivity index (χ2n) is 7.53. The third kappa shape index (κ3) is 6.74. The zero-order chi connectivity index (χ0) is 22.1. The lowest BCUT2D eigenvalue weighted by atomic mass is 10.2. The first-order chi connectivity index (χ1) is 15.0. The molecule has 2 aromatic carbocycles. The predicted molar refractivity (Wildman–Crippen MR) is 118 cm³/mol. The second-order valence-corrected chi connectivity index (χ2v) is 7.53. The molecule has 31 heavy (non-hydrogen) atoms. The van der Waals surface area contributed by atoms with E-state index in [-0.39, 0.29) is 31.0 Å². The van der Waals surface area contributed by atoms with Crippen molar-refractivity contribution in [3.8, 4) is 5.75 Å². The Bertz CT molecular complexity index is 940. The largest absolute Gasteiger partial charge is 0.484 e. The van der Waals surface area contributed by atoms with E-state index in [9.17, 15) is 9.59 Å². The SMILES string of the molecule is CC(C)N(CC(=O)N(Cc1ccccc1)Cc1ccco1)C(=O)COc1ccccc1. The highest BCUT2D eigenvalue weighted by molar-refractivity contribution is 5.85. The van der Waals surface area contributed by atoms with E-state index in [4.69, 9.17) is 9.15 Å². The lowest BCUT2D eigenvalue weighted by molar-refractivity contribution is -0.144. The summed E-state index contributed by atoms with van der Waals surface area (Å²) in [4.78, 5) is 29.3. The molecule has 2 amide bonds. The number of carbonyl (C=O) groups excluding carboxylic acids is 2. The summed E-state index contributed by atoms with van der Waals surface area (Å²) in [5.74, 6) is 0.931. The van der Waals surface area contributed by atoms with Crippen molar-refractivity contribution in [2.75, 3.05) is 13.2 Å². The van der Waals surface area contributed by atoms with E-state index in [1.54, 1.807) is 34.3 Å². The van der Waals surface area contributed by atoms with Crippen molar-refractivity contribution in [1.82, 2.24) is 9.80 Å². The van der Waals surface area contributed by atoms with Crippen molar-refractivity contribution in [2.24, 2.45) is 0 Å². The first-order valence-electron chi connectivity index (χ1n) is 10.3. The summed E-state index contributed by atoms with van der Waals surface area (Å²) in [6.07, 6.45) is 1.59. The maximum atomic E-state index is 13.2. The number of hydrogen-bond donors (Lipinski definition) is 0. The molecule has 0 aliphatic carbocycles. The molecule has 0 saturated heterocycles. The summed E-state index contributed by atoms with van der Waals surface area (Å²) in [7, 11) is 0. The average Bonchev–Trinajstić information content (AvgIpc) is 3.29. The van der Waals surface area contributed by atoms with Gasteiger partial charge in [0.25, 0.3) is 5.91 Å².